The largest absolute Gasteiger partial charge is 0.352 e. The molecule has 2 aromatic rings. The summed E-state index contributed by atoms with van der Waals surface area (Å²) in [5, 5.41) is 3.20. The molecule has 166 valence electrons. The molecule has 1 N–H and O–H groups in total. The van der Waals surface area contributed by atoms with Crippen molar-refractivity contribution in [3.8, 4) is 0 Å². The number of halogens is 1. The van der Waals surface area contributed by atoms with Gasteiger partial charge in [0.15, 0.2) is 0 Å². The smallest absolute Gasteiger partial charge is 0.224 e. The van der Waals surface area contributed by atoms with E-state index in [9.17, 15) is 9.18 Å². The van der Waals surface area contributed by atoms with Gasteiger partial charge < -0.3 is 5.32 Å². The van der Waals surface area contributed by atoms with Gasteiger partial charge in [0.1, 0.15) is 5.82 Å². The van der Waals surface area contributed by atoms with Gasteiger partial charge in [-0.3, -0.25) is 14.6 Å². The average molecular weight is 424 g/mol. The Kier molecular flexibility index (Phi) is 7.71. The number of carbonyl (C=O) groups excluding carboxylic acids is 1. The Morgan fingerprint density at radius 3 is 2.35 bits per heavy atom. The van der Waals surface area contributed by atoms with E-state index >= 15 is 0 Å². The van der Waals surface area contributed by atoms with E-state index in [1.165, 1.54) is 55.6 Å². The number of likely N-dealkylation sites (tertiary alicyclic amines) is 2. The Balaban J connectivity index is 1.29. The summed E-state index contributed by atoms with van der Waals surface area (Å²) in [4.78, 5) is 17.8. The molecular formula is C26H34FN3O. The third-order valence-corrected chi connectivity index (χ3v) is 6.61. The molecule has 1 atom stereocenters. The summed E-state index contributed by atoms with van der Waals surface area (Å²) < 4.78 is 13.1. The fraction of sp³-hybridized carbons (Fsp3) is 0.500. The normalized spacial score (nSPS) is 20.5. The highest BCUT2D eigenvalue weighted by molar-refractivity contribution is 5.79. The number of amides is 1. The van der Waals surface area contributed by atoms with Crippen LogP contribution in [0, 0.1) is 11.7 Å². The topological polar surface area (TPSA) is 35.6 Å². The number of nitrogens with zero attached hydrogens (tertiary/aromatic N) is 2. The van der Waals surface area contributed by atoms with Crippen molar-refractivity contribution in [2.45, 2.75) is 51.7 Å². The highest BCUT2D eigenvalue weighted by atomic mass is 19.1. The van der Waals surface area contributed by atoms with E-state index < -0.39 is 0 Å². The summed E-state index contributed by atoms with van der Waals surface area (Å²) in [6.45, 7) is 6.43. The molecule has 2 saturated heterocycles. The fourth-order valence-electron chi connectivity index (χ4n) is 4.83. The number of hydrogen-bond donors (Lipinski definition) is 1. The predicted molar refractivity (Wildman–Crippen MR) is 122 cm³/mol. The van der Waals surface area contributed by atoms with Crippen LogP contribution in [0.2, 0.25) is 0 Å². The van der Waals surface area contributed by atoms with E-state index in [4.69, 9.17) is 0 Å². The van der Waals surface area contributed by atoms with Crippen LogP contribution in [-0.4, -0.2) is 41.9 Å². The Morgan fingerprint density at radius 2 is 1.58 bits per heavy atom. The van der Waals surface area contributed by atoms with Gasteiger partial charge in [0.2, 0.25) is 5.91 Å². The van der Waals surface area contributed by atoms with Crippen molar-refractivity contribution >= 4 is 5.91 Å². The van der Waals surface area contributed by atoms with Crippen LogP contribution >= 0.6 is 0 Å². The molecule has 0 aromatic heterocycles. The first-order chi connectivity index (χ1) is 15.2. The monoisotopic (exact) mass is 423 g/mol. The predicted octanol–water partition coefficient (Wildman–Crippen LogP) is 4.34. The van der Waals surface area contributed by atoms with Gasteiger partial charge in [0, 0.05) is 26.2 Å². The van der Waals surface area contributed by atoms with Gasteiger partial charge in [0.25, 0.3) is 0 Å². The zero-order valence-electron chi connectivity index (χ0n) is 18.4. The van der Waals surface area contributed by atoms with Crippen LogP contribution in [0.25, 0.3) is 0 Å². The number of hydrogen-bond acceptors (Lipinski definition) is 3. The number of rotatable bonds is 7. The summed E-state index contributed by atoms with van der Waals surface area (Å²) in [7, 11) is 0. The minimum Gasteiger partial charge on any atom is -0.352 e. The lowest BCUT2D eigenvalue weighted by Gasteiger charge is -2.32. The van der Waals surface area contributed by atoms with Gasteiger partial charge in [0.05, 0.1) is 5.92 Å². The molecule has 0 aliphatic carbocycles. The quantitative estimate of drug-likeness (QED) is 0.720. The van der Waals surface area contributed by atoms with Crippen LogP contribution in [0.4, 0.5) is 4.39 Å². The van der Waals surface area contributed by atoms with E-state index in [1.807, 2.05) is 12.1 Å². The van der Waals surface area contributed by atoms with Gasteiger partial charge in [-0.05, 0) is 74.1 Å². The summed E-state index contributed by atoms with van der Waals surface area (Å²) in [5.74, 6) is -0.0414. The Hall–Kier alpha value is -2.24. The highest BCUT2D eigenvalue weighted by Crippen LogP contribution is 2.20. The van der Waals surface area contributed by atoms with Gasteiger partial charge in [-0.2, -0.15) is 0 Å². The molecule has 2 aliphatic rings. The minimum atomic E-state index is -0.208. The summed E-state index contributed by atoms with van der Waals surface area (Å²) in [6, 6.07) is 15.2. The van der Waals surface area contributed by atoms with Crippen molar-refractivity contribution in [3.63, 3.8) is 0 Å². The standard InChI is InChI=1S/C26H34FN3O/c27-25-12-10-21(11-13-25)18-30-16-6-9-24(20-30)26(31)28-17-22-7-2-3-8-23(22)19-29-14-4-1-5-15-29/h2-3,7-8,10-13,24H,1,4-6,9,14-20H2,(H,28,31)/t24-/m0/s1. The van der Waals surface area contributed by atoms with Gasteiger partial charge >= 0.3 is 0 Å². The molecule has 0 radical (unpaired) electrons. The molecule has 4 nitrogen and oxygen atoms in total. The average Bonchev–Trinajstić information content (AvgIpc) is 2.81. The second kappa shape index (κ2) is 10.9. The maximum absolute atomic E-state index is 13.1. The first kappa shape index (κ1) is 22.0. The van der Waals surface area contributed by atoms with E-state index in [2.05, 4.69) is 39.4 Å². The van der Waals surface area contributed by atoms with Crippen molar-refractivity contribution < 1.29 is 9.18 Å². The second-order valence-corrected chi connectivity index (χ2v) is 9.02. The molecule has 2 aliphatic heterocycles. The lowest BCUT2D eigenvalue weighted by Crippen LogP contribution is -2.42. The SMILES string of the molecule is O=C(NCc1ccccc1CN1CCCCC1)[C@H]1CCCN(Cc2ccc(F)cc2)C1. The minimum absolute atomic E-state index is 0.0171. The lowest BCUT2D eigenvalue weighted by molar-refractivity contribution is -0.126. The lowest BCUT2D eigenvalue weighted by atomic mass is 9.96. The maximum Gasteiger partial charge on any atom is 0.224 e. The Morgan fingerprint density at radius 1 is 0.871 bits per heavy atom. The van der Waals surface area contributed by atoms with Crippen molar-refractivity contribution in [1.82, 2.24) is 15.1 Å². The zero-order chi connectivity index (χ0) is 21.5. The number of carbonyl (C=O) groups is 1. The van der Waals surface area contributed by atoms with Crippen molar-refractivity contribution in [2.75, 3.05) is 26.2 Å². The molecule has 0 saturated carbocycles. The molecule has 0 bridgehead atoms. The summed E-state index contributed by atoms with van der Waals surface area (Å²) >= 11 is 0. The highest BCUT2D eigenvalue weighted by Gasteiger charge is 2.25. The molecule has 1 amide bonds. The number of benzene rings is 2. The molecule has 0 unspecified atom stereocenters. The zero-order valence-corrected chi connectivity index (χ0v) is 18.4. The van der Waals surface area contributed by atoms with Crippen LogP contribution in [0.1, 0.15) is 48.8 Å². The first-order valence-electron chi connectivity index (χ1n) is 11.7. The molecule has 0 spiro atoms. The summed E-state index contributed by atoms with van der Waals surface area (Å²) in [5.41, 5.74) is 3.64. The van der Waals surface area contributed by atoms with E-state index in [1.54, 1.807) is 0 Å². The van der Waals surface area contributed by atoms with Gasteiger partial charge in [-0.25, -0.2) is 4.39 Å². The molecular weight excluding hydrogens is 389 g/mol. The molecule has 2 aromatic carbocycles. The first-order valence-corrected chi connectivity index (χ1v) is 11.7. The molecule has 2 heterocycles. The van der Waals surface area contributed by atoms with Crippen LogP contribution in [-0.2, 0) is 24.4 Å². The maximum atomic E-state index is 13.1. The fourth-order valence-corrected chi connectivity index (χ4v) is 4.83. The van der Waals surface area contributed by atoms with Crippen molar-refractivity contribution in [2.24, 2.45) is 5.92 Å². The van der Waals surface area contributed by atoms with E-state index in [-0.39, 0.29) is 17.6 Å². The van der Waals surface area contributed by atoms with Crippen LogP contribution in [0.5, 0.6) is 0 Å². The van der Waals surface area contributed by atoms with Crippen molar-refractivity contribution in [3.05, 3.63) is 71.0 Å². The number of piperidine rings is 2. The van der Waals surface area contributed by atoms with Crippen molar-refractivity contribution in [1.29, 1.82) is 0 Å². The van der Waals surface area contributed by atoms with Crippen LogP contribution < -0.4 is 5.32 Å². The molecule has 4 rings (SSSR count). The molecule has 31 heavy (non-hydrogen) atoms. The third-order valence-electron chi connectivity index (χ3n) is 6.61. The second-order valence-electron chi connectivity index (χ2n) is 9.02. The Labute approximate surface area is 185 Å². The molecule has 2 fully saturated rings. The van der Waals surface area contributed by atoms with Crippen LogP contribution in [0.15, 0.2) is 48.5 Å². The summed E-state index contributed by atoms with van der Waals surface area (Å²) in [6.07, 6.45) is 5.86. The number of nitrogens with one attached hydrogen (secondary N) is 1. The van der Waals surface area contributed by atoms with Gasteiger partial charge in [-0.1, -0.05) is 42.8 Å². The molecule has 5 heteroatoms. The Bertz CT molecular complexity index is 848. The third kappa shape index (κ3) is 6.37. The van der Waals surface area contributed by atoms with Gasteiger partial charge in [-0.15, -0.1) is 0 Å². The van der Waals surface area contributed by atoms with E-state index in [0.717, 1.165) is 44.6 Å². The van der Waals surface area contributed by atoms with Crippen LogP contribution in [0.3, 0.4) is 0 Å². The van der Waals surface area contributed by atoms with E-state index in [0.29, 0.717) is 6.54 Å².